The largest absolute Gasteiger partial charge is 0.378 e. The Hall–Kier alpha value is -1.55. The van der Waals surface area contributed by atoms with E-state index in [1.165, 1.54) is 0 Å². The number of carbonyl (C=O) groups is 1. The van der Waals surface area contributed by atoms with E-state index in [4.69, 9.17) is 4.74 Å². The van der Waals surface area contributed by atoms with Crippen molar-refractivity contribution in [3.63, 3.8) is 0 Å². The summed E-state index contributed by atoms with van der Waals surface area (Å²) in [5.74, 6) is 0.455. The molecule has 1 aromatic carbocycles. The Morgan fingerprint density at radius 2 is 2.11 bits per heavy atom. The van der Waals surface area contributed by atoms with Gasteiger partial charge in [0.25, 0.3) is 0 Å². The van der Waals surface area contributed by atoms with Crippen molar-refractivity contribution >= 4 is 17.3 Å². The second kappa shape index (κ2) is 6.57. The summed E-state index contributed by atoms with van der Waals surface area (Å²) >= 11 is 0. The van der Waals surface area contributed by atoms with E-state index >= 15 is 0 Å². The van der Waals surface area contributed by atoms with Gasteiger partial charge in [-0.15, -0.1) is 0 Å². The molecule has 0 aromatic heterocycles. The summed E-state index contributed by atoms with van der Waals surface area (Å²) in [6, 6.07) is 8.02. The summed E-state index contributed by atoms with van der Waals surface area (Å²) in [4.78, 5) is 14.0. The molecule has 1 heterocycles. The standard InChI is InChI=1S/C15H22N2O2/c1-12(2)10-15(18)16-13-4-3-5-14(11-13)17-6-8-19-9-7-17/h3-5,11-12H,6-10H2,1-2H3,(H,16,18). The predicted octanol–water partition coefficient (Wildman–Crippen LogP) is 2.51. The van der Waals surface area contributed by atoms with Gasteiger partial charge in [-0.05, 0) is 24.1 Å². The van der Waals surface area contributed by atoms with Crippen molar-refractivity contribution in [2.75, 3.05) is 36.5 Å². The molecule has 0 aliphatic carbocycles. The lowest BCUT2D eigenvalue weighted by Gasteiger charge is -2.29. The van der Waals surface area contributed by atoms with Crippen LogP contribution in [0.3, 0.4) is 0 Å². The Morgan fingerprint density at radius 1 is 1.37 bits per heavy atom. The highest BCUT2D eigenvalue weighted by Crippen LogP contribution is 2.20. The van der Waals surface area contributed by atoms with Gasteiger partial charge in [-0.2, -0.15) is 0 Å². The average molecular weight is 262 g/mol. The first kappa shape index (κ1) is 13.9. The molecular formula is C15H22N2O2. The maximum absolute atomic E-state index is 11.8. The normalized spacial score (nSPS) is 15.6. The number of nitrogens with zero attached hydrogens (tertiary/aromatic N) is 1. The zero-order chi connectivity index (χ0) is 13.7. The molecule has 1 aliphatic rings. The van der Waals surface area contributed by atoms with Gasteiger partial charge in [-0.1, -0.05) is 19.9 Å². The van der Waals surface area contributed by atoms with Crippen molar-refractivity contribution in [3.05, 3.63) is 24.3 Å². The summed E-state index contributed by atoms with van der Waals surface area (Å²) in [6.07, 6.45) is 0.557. The molecular weight excluding hydrogens is 240 g/mol. The van der Waals surface area contributed by atoms with Crippen molar-refractivity contribution in [1.29, 1.82) is 0 Å². The topological polar surface area (TPSA) is 41.6 Å². The van der Waals surface area contributed by atoms with Crippen LogP contribution in [0, 0.1) is 5.92 Å². The first-order valence-corrected chi connectivity index (χ1v) is 6.88. The average Bonchev–Trinajstić information content (AvgIpc) is 2.39. The molecule has 1 N–H and O–H groups in total. The van der Waals surface area contributed by atoms with Gasteiger partial charge in [0.15, 0.2) is 0 Å². The molecule has 0 unspecified atom stereocenters. The maximum Gasteiger partial charge on any atom is 0.224 e. The summed E-state index contributed by atoms with van der Waals surface area (Å²) in [5, 5.41) is 2.96. The first-order chi connectivity index (χ1) is 9.15. The fraction of sp³-hybridized carbons (Fsp3) is 0.533. The van der Waals surface area contributed by atoms with Crippen LogP contribution in [0.25, 0.3) is 0 Å². The monoisotopic (exact) mass is 262 g/mol. The van der Waals surface area contributed by atoms with E-state index in [2.05, 4.69) is 16.3 Å². The number of hydrogen-bond acceptors (Lipinski definition) is 3. The number of anilines is 2. The van der Waals surface area contributed by atoms with Crippen LogP contribution in [0.15, 0.2) is 24.3 Å². The van der Waals surface area contributed by atoms with Crippen LogP contribution in [0.4, 0.5) is 11.4 Å². The third-order valence-electron chi connectivity index (χ3n) is 3.10. The van der Waals surface area contributed by atoms with Gasteiger partial charge in [0, 0.05) is 30.9 Å². The number of ether oxygens (including phenoxy) is 1. The second-order valence-corrected chi connectivity index (χ2v) is 5.30. The van der Waals surface area contributed by atoms with Crippen LogP contribution in [0.5, 0.6) is 0 Å². The molecule has 0 saturated carbocycles. The highest BCUT2D eigenvalue weighted by atomic mass is 16.5. The minimum atomic E-state index is 0.0779. The van der Waals surface area contributed by atoms with E-state index in [1.807, 2.05) is 32.0 Å². The minimum absolute atomic E-state index is 0.0779. The minimum Gasteiger partial charge on any atom is -0.378 e. The van der Waals surface area contributed by atoms with Crippen LogP contribution >= 0.6 is 0 Å². The lowest BCUT2D eigenvalue weighted by Crippen LogP contribution is -2.36. The Morgan fingerprint density at radius 3 is 2.79 bits per heavy atom. The second-order valence-electron chi connectivity index (χ2n) is 5.30. The van der Waals surface area contributed by atoms with Crippen molar-refractivity contribution in [3.8, 4) is 0 Å². The molecule has 1 aromatic rings. The third kappa shape index (κ3) is 4.24. The van der Waals surface area contributed by atoms with Crippen LogP contribution in [0.1, 0.15) is 20.3 Å². The molecule has 4 heteroatoms. The SMILES string of the molecule is CC(C)CC(=O)Nc1cccc(N2CCOCC2)c1. The molecule has 1 saturated heterocycles. The van der Waals surface area contributed by atoms with Crippen molar-refractivity contribution < 1.29 is 9.53 Å². The van der Waals surface area contributed by atoms with E-state index in [0.29, 0.717) is 12.3 Å². The number of amides is 1. The molecule has 19 heavy (non-hydrogen) atoms. The van der Waals surface area contributed by atoms with Gasteiger partial charge in [-0.3, -0.25) is 4.79 Å². The number of carbonyl (C=O) groups excluding carboxylic acids is 1. The van der Waals surface area contributed by atoms with Gasteiger partial charge in [0.2, 0.25) is 5.91 Å². The van der Waals surface area contributed by atoms with Gasteiger partial charge in [0.05, 0.1) is 13.2 Å². The van der Waals surface area contributed by atoms with Gasteiger partial charge in [-0.25, -0.2) is 0 Å². The fourth-order valence-corrected chi connectivity index (χ4v) is 2.18. The number of hydrogen-bond donors (Lipinski definition) is 1. The van der Waals surface area contributed by atoms with Crippen LogP contribution in [0.2, 0.25) is 0 Å². The lowest BCUT2D eigenvalue weighted by molar-refractivity contribution is -0.116. The number of rotatable bonds is 4. The number of nitrogens with one attached hydrogen (secondary N) is 1. The summed E-state index contributed by atoms with van der Waals surface area (Å²) in [5.41, 5.74) is 2.01. The van der Waals surface area contributed by atoms with Gasteiger partial charge >= 0.3 is 0 Å². The first-order valence-electron chi connectivity index (χ1n) is 6.88. The predicted molar refractivity (Wildman–Crippen MR) is 77.6 cm³/mol. The van der Waals surface area contributed by atoms with Crippen LogP contribution in [-0.2, 0) is 9.53 Å². The third-order valence-corrected chi connectivity index (χ3v) is 3.10. The molecule has 0 atom stereocenters. The Bertz CT molecular complexity index is 426. The maximum atomic E-state index is 11.8. The van der Waals surface area contributed by atoms with E-state index in [-0.39, 0.29) is 5.91 Å². The van der Waals surface area contributed by atoms with E-state index in [0.717, 1.165) is 37.7 Å². The molecule has 1 amide bonds. The molecule has 0 radical (unpaired) electrons. The zero-order valence-electron chi connectivity index (χ0n) is 11.7. The quantitative estimate of drug-likeness (QED) is 0.906. The van der Waals surface area contributed by atoms with E-state index in [1.54, 1.807) is 0 Å². The van der Waals surface area contributed by atoms with Crippen molar-refractivity contribution in [1.82, 2.24) is 0 Å². The summed E-state index contributed by atoms with van der Waals surface area (Å²) in [7, 11) is 0. The van der Waals surface area contributed by atoms with Gasteiger partial charge < -0.3 is 15.0 Å². The molecule has 1 aliphatic heterocycles. The van der Waals surface area contributed by atoms with E-state index in [9.17, 15) is 4.79 Å². The molecule has 104 valence electrons. The molecule has 1 fully saturated rings. The van der Waals surface area contributed by atoms with Crippen molar-refractivity contribution in [2.45, 2.75) is 20.3 Å². The molecule has 0 bridgehead atoms. The molecule has 0 spiro atoms. The molecule has 4 nitrogen and oxygen atoms in total. The van der Waals surface area contributed by atoms with Crippen LogP contribution in [-0.4, -0.2) is 32.2 Å². The number of morpholine rings is 1. The summed E-state index contributed by atoms with van der Waals surface area (Å²) < 4.78 is 5.35. The summed E-state index contributed by atoms with van der Waals surface area (Å²) in [6.45, 7) is 7.44. The van der Waals surface area contributed by atoms with Crippen LogP contribution < -0.4 is 10.2 Å². The highest BCUT2D eigenvalue weighted by molar-refractivity contribution is 5.91. The Kier molecular flexibility index (Phi) is 4.80. The van der Waals surface area contributed by atoms with Gasteiger partial charge in [0.1, 0.15) is 0 Å². The highest BCUT2D eigenvalue weighted by Gasteiger charge is 2.12. The Balaban J connectivity index is 2.00. The zero-order valence-corrected chi connectivity index (χ0v) is 11.7. The fourth-order valence-electron chi connectivity index (χ4n) is 2.18. The Labute approximate surface area is 114 Å². The smallest absolute Gasteiger partial charge is 0.224 e. The molecule has 2 rings (SSSR count). The van der Waals surface area contributed by atoms with Crippen molar-refractivity contribution in [2.24, 2.45) is 5.92 Å². The number of benzene rings is 1. The van der Waals surface area contributed by atoms with E-state index < -0.39 is 0 Å². The lowest BCUT2D eigenvalue weighted by atomic mass is 10.1.